The van der Waals surface area contributed by atoms with Gasteiger partial charge in [0.05, 0.1) is 12.2 Å². The van der Waals surface area contributed by atoms with Gasteiger partial charge < -0.3 is 27.7 Å². The van der Waals surface area contributed by atoms with Crippen LogP contribution in [0.4, 0.5) is 22.7 Å². The molecule has 0 amide bonds. The maximum Gasteiger partial charge on any atom is 0.0579 e. The van der Waals surface area contributed by atoms with Crippen LogP contribution in [-0.4, -0.2) is 12.2 Å². The highest BCUT2D eigenvalue weighted by molar-refractivity contribution is 5.55. The summed E-state index contributed by atoms with van der Waals surface area (Å²) in [6.07, 6.45) is 14.0. The Labute approximate surface area is 201 Å². The predicted octanol–water partition coefficient (Wildman–Crippen LogP) is 6.50. The number of benzene rings is 2. The molecular weight excluding hydrogens is 408 g/mol. The zero-order valence-corrected chi connectivity index (χ0v) is 20.8. The number of rotatable bonds is 16. The van der Waals surface area contributed by atoms with Crippen molar-refractivity contribution >= 4 is 22.7 Å². The second-order valence-electron chi connectivity index (χ2n) is 9.46. The van der Waals surface area contributed by atoms with Crippen molar-refractivity contribution in [3.63, 3.8) is 0 Å². The number of unbranched alkanes of at least 4 members (excludes halogenated alkanes) is 2. The summed E-state index contributed by atoms with van der Waals surface area (Å²) in [5.74, 6) is 0. The fourth-order valence-electron chi connectivity index (χ4n) is 4.54. The Bertz CT molecular complexity index is 716. The Morgan fingerprint density at radius 1 is 0.545 bits per heavy atom. The fraction of sp³-hybridized carbons (Fsp3) is 0.571. The molecule has 0 saturated heterocycles. The van der Waals surface area contributed by atoms with Crippen LogP contribution in [0.1, 0.15) is 89.2 Å². The molecule has 0 aliphatic heterocycles. The highest BCUT2D eigenvalue weighted by Gasteiger charge is 2.17. The van der Waals surface area contributed by atoms with Gasteiger partial charge in [0.25, 0.3) is 0 Å². The van der Waals surface area contributed by atoms with E-state index in [-0.39, 0.29) is 0 Å². The number of aryl methyl sites for hydroxylation is 2. The minimum atomic E-state index is 0.313. The number of hydrogen-bond donors (Lipinski definition) is 4. The molecule has 8 N–H and O–H groups in total. The first kappa shape index (κ1) is 26.8. The Hall–Kier alpha value is -2.40. The van der Waals surface area contributed by atoms with Crippen molar-refractivity contribution in [2.75, 3.05) is 22.9 Å². The van der Waals surface area contributed by atoms with E-state index in [1.807, 2.05) is 36.4 Å². The van der Waals surface area contributed by atoms with Gasteiger partial charge in [0.1, 0.15) is 0 Å². The molecule has 184 valence electrons. The summed E-state index contributed by atoms with van der Waals surface area (Å²) in [6.45, 7) is 4.50. The second-order valence-corrected chi connectivity index (χ2v) is 9.46. The van der Waals surface area contributed by atoms with Crippen LogP contribution in [0, 0.1) is 0 Å². The smallest absolute Gasteiger partial charge is 0.0579 e. The SMILES string of the molecule is CCCCC(CCCc1cc(N)cc(N)c1)OC(CCCC)CCCc1cc(N)cc(N)c1. The molecule has 5 nitrogen and oxygen atoms in total. The first-order chi connectivity index (χ1) is 15.9. The van der Waals surface area contributed by atoms with Gasteiger partial charge in [-0.3, -0.25) is 0 Å². The predicted molar refractivity (Wildman–Crippen MR) is 144 cm³/mol. The van der Waals surface area contributed by atoms with E-state index in [2.05, 4.69) is 13.8 Å². The molecule has 2 aromatic rings. The maximum atomic E-state index is 6.73. The van der Waals surface area contributed by atoms with E-state index >= 15 is 0 Å². The summed E-state index contributed by atoms with van der Waals surface area (Å²) in [6, 6.07) is 11.8. The molecule has 2 unspecified atom stereocenters. The third-order valence-corrected chi connectivity index (χ3v) is 6.20. The molecule has 0 aliphatic carbocycles. The van der Waals surface area contributed by atoms with Crippen molar-refractivity contribution in [3.8, 4) is 0 Å². The van der Waals surface area contributed by atoms with Crippen LogP contribution in [0.25, 0.3) is 0 Å². The maximum absolute atomic E-state index is 6.73. The van der Waals surface area contributed by atoms with Crippen molar-refractivity contribution < 1.29 is 4.74 Å². The normalized spacial score (nSPS) is 13.2. The number of anilines is 4. The Morgan fingerprint density at radius 2 is 0.879 bits per heavy atom. The lowest BCUT2D eigenvalue weighted by atomic mass is 9.99. The van der Waals surface area contributed by atoms with Crippen molar-refractivity contribution in [1.82, 2.24) is 0 Å². The first-order valence-corrected chi connectivity index (χ1v) is 12.8. The van der Waals surface area contributed by atoms with Crippen molar-refractivity contribution in [2.24, 2.45) is 0 Å². The van der Waals surface area contributed by atoms with Gasteiger partial charge in [-0.2, -0.15) is 0 Å². The van der Waals surface area contributed by atoms with Gasteiger partial charge in [0.2, 0.25) is 0 Å². The first-order valence-electron chi connectivity index (χ1n) is 12.8. The van der Waals surface area contributed by atoms with E-state index in [0.717, 1.165) is 74.1 Å². The van der Waals surface area contributed by atoms with Gasteiger partial charge in [-0.05, 0) is 98.9 Å². The Morgan fingerprint density at radius 3 is 1.21 bits per heavy atom. The van der Waals surface area contributed by atoms with Crippen LogP contribution >= 0.6 is 0 Å². The van der Waals surface area contributed by atoms with Gasteiger partial charge in [0.15, 0.2) is 0 Å². The molecule has 0 fully saturated rings. The highest BCUT2D eigenvalue weighted by Crippen LogP contribution is 2.23. The van der Waals surface area contributed by atoms with Crippen LogP contribution in [-0.2, 0) is 17.6 Å². The monoisotopic (exact) mass is 454 g/mol. The van der Waals surface area contributed by atoms with Gasteiger partial charge >= 0.3 is 0 Å². The summed E-state index contributed by atoms with van der Waals surface area (Å²) in [7, 11) is 0. The van der Waals surface area contributed by atoms with Crippen LogP contribution in [0.5, 0.6) is 0 Å². The number of nitrogens with two attached hydrogens (primary N) is 4. The fourth-order valence-corrected chi connectivity index (χ4v) is 4.54. The third-order valence-electron chi connectivity index (χ3n) is 6.20. The summed E-state index contributed by atoms with van der Waals surface area (Å²) >= 11 is 0. The summed E-state index contributed by atoms with van der Waals surface area (Å²) in [5, 5.41) is 0. The van der Waals surface area contributed by atoms with E-state index in [4.69, 9.17) is 27.7 Å². The lowest BCUT2D eigenvalue weighted by Gasteiger charge is -2.25. The van der Waals surface area contributed by atoms with Gasteiger partial charge in [-0.1, -0.05) is 39.5 Å². The number of hydrogen-bond acceptors (Lipinski definition) is 5. The van der Waals surface area contributed by atoms with Crippen molar-refractivity contribution in [1.29, 1.82) is 0 Å². The van der Waals surface area contributed by atoms with Crippen LogP contribution in [0.2, 0.25) is 0 Å². The highest BCUT2D eigenvalue weighted by atomic mass is 16.5. The zero-order valence-electron chi connectivity index (χ0n) is 20.8. The topological polar surface area (TPSA) is 113 Å². The molecule has 0 aliphatic rings. The number of nitrogen functional groups attached to an aromatic ring is 4. The molecule has 0 radical (unpaired) electrons. The molecule has 2 rings (SSSR count). The Kier molecular flexibility index (Phi) is 12.0. The van der Waals surface area contributed by atoms with E-state index < -0.39 is 0 Å². The average molecular weight is 455 g/mol. The van der Waals surface area contributed by atoms with Crippen molar-refractivity contribution in [2.45, 2.75) is 103 Å². The molecule has 2 aromatic carbocycles. The quantitative estimate of drug-likeness (QED) is 0.216. The van der Waals surface area contributed by atoms with Crippen LogP contribution in [0.3, 0.4) is 0 Å². The molecule has 0 spiro atoms. The van der Waals surface area contributed by atoms with Gasteiger partial charge in [-0.25, -0.2) is 0 Å². The molecule has 0 bridgehead atoms. The van der Waals surface area contributed by atoms with E-state index in [9.17, 15) is 0 Å². The Balaban J connectivity index is 1.90. The minimum absolute atomic E-state index is 0.313. The second kappa shape index (κ2) is 14.7. The summed E-state index contributed by atoms with van der Waals surface area (Å²) in [4.78, 5) is 0. The largest absolute Gasteiger partial charge is 0.399 e. The van der Waals surface area contributed by atoms with E-state index in [0.29, 0.717) is 12.2 Å². The molecule has 0 heterocycles. The summed E-state index contributed by atoms with van der Waals surface area (Å²) < 4.78 is 6.73. The standard InChI is InChI=1S/C28H46N4O/c1-3-5-11-27(13-7-9-21-15-23(29)19-24(30)16-21)33-28(12-6-4-2)14-8-10-22-17-25(31)20-26(32)18-22/h15-20,27-28H,3-14,29-32H2,1-2H3. The van der Waals surface area contributed by atoms with E-state index in [1.54, 1.807) is 0 Å². The minimum Gasteiger partial charge on any atom is -0.399 e. The third kappa shape index (κ3) is 10.8. The molecule has 2 atom stereocenters. The molecule has 0 saturated carbocycles. The lowest BCUT2D eigenvalue weighted by Crippen LogP contribution is -2.23. The van der Waals surface area contributed by atoms with Gasteiger partial charge in [0, 0.05) is 22.7 Å². The van der Waals surface area contributed by atoms with E-state index in [1.165, 1.54) is 36.8 Å². The molecular formula is C28H46N4O. The molecule has 5 heteroatoms. The van der Waals surface area contributed by atoms with Crippen LogP contribution in [0.15, 0.2) is 36.4 Å². The van der Waals surface area contributed by atoms with Crippen molar-refractivity contribution in [3.05, 3.63) is 47.5 Å². The van der Waals surface area contributed by atoms with Crippen LogP contribution < -0.4 is 22.9 Å². The average Bonchev–Trinajstić information content (AvgIpc) is 2.74. The molecule has 0 aromatic heterocycles. The summed E-state index contributed by atoms with van der Waals surface area (Å²) in [5.41, 5.74) is 29.2. The van der Waals surface area contributed by atoms with Gasteiger partial charge in [-0.15, -0.1) is 0 Å². The lowest BCUT2D eigenvalue weighted by molar-refractivity contribution is -0.0315. The molecule has 33 heavy (non-hydrogen) atoms. The zero-order chi connectivity index (χ0) is 24.1. The number of ether oxygens (including phenoxy) is 1.